The largest absolute Gasteiger partial charge is 0.367 e. The third-order valence-corrected chi connectivity index (χ3v) is 4.62. The monoisotopic (exact) mass is 291 g/mol. The van der Waals surface area contributed by atoms with Crippen LogP contribution >= 0.6 is 0 Å². The molecule has 4 nitrogen and oxygen atoms in total. The van der Waals surface area contributed by atoms with Crippen molar-refractivity contribution in [3.8, 4) is 0 Å². The van der Waals surface area contributed by atoms with Crippen molar-refractivity contribution in [1.29, 1.82) is 0 Å². The van der Waals surface area contributed by atoms with Crippen molar-refractivity contribution in [2.45, 2.75) is 65.4 Å². The first-order valence-electron chi connectivity index (χ1n) is 8.21. The highest BCUT2D eigenvalue weighted by atomic mass is 16.5. The summed E-state index contributed by atoms with van der Waals surface area (Å²) in [5.74, 6) is 1.35. The van der Waals surface area contributed by atoms with E-state index in [1.807, 2.05) is 0 Å². The van der Waals surface area contributed by atoms with E-state index in [0.717, 1.165) is 36.5 Å². The molecule has 0 amide bonds. The van der Waals surface area contributed by atoms with Gasteiger partial charge in [0, 0.05) is 18.0 Å². The molecule has 1 aromatic rings. The van der Waals surface area contributed by atoms with Crippen molar-refractivity contribution < 1.29 is 4.74 Å². The molecule has 1 heterocycles. The number of rotatable bonds is 6. The van der Waals surface area contributed by atoms with Gasteiger partial charge in [0.15, 0.2) is 5.82 Å². The second kappa shape index (κ2) is 6.84. The molecule has 0 bridgehead atoms. The lowest BCUT2D eigenvalue weighted by molar-refractivity contribution is -0.0459. The average Bonchev–Trinajstić information content (AvgIpc) is 2.92. The van der Waals surface area contributed by atoms with E-state index in [2.05, 4.69) is 27.7 Å². The Labute approximate surface area is 128 Å². The van der Waals surface area contributed by atoms with E-state index in [4.69, 9.17) is 20.4 Å². The summed E-state index contributed by atoms with van der Waals surface area (Å²) in [5.41, 5.74) is 8.93. The molecule has 2 N–H and O–H groups in total. The van der Waals surface area contributed by atoms with Crippen molar-refractivity contribution in [2.75, 3.05) is 13.2 Å². The van der Waals surface area contributed by atoms with E-state index < -0.39 is 0 Å². The van der Waals surface area contributed by atoms with Gasteiger partial charge in [0.1, 0.15) is 5.60 Å². The minimum atomic E-state index is -0.248. The van der Waals surface area contributed by atoms with E-state index in [-0.39, 0.29) is 5.60 Å². The summed E-state index contributed by atoms with van der Waals surface area (Å²) in [6.45, 7) is 9.82. The lowest BCUT2D eigenvalue weighted by atomic mass is 9.96. The number of hydrogen-bond donors (Lipinski definition) is 1. The molecule has 1 aromatic heterocycles. The smallest absolute Gasteiger partial charge is 0.160 e. The van der Waals surface area contributed by atoms with Crippen molar-refractivity contribution in [3.63, 3.8) is 0 Å². The molecule has 1 aliphatic rings. The Bertz CT molecular complexity index is 458. The number of hydrogen-bond acceptors (Lipinski definition) is 4. The van der Waals surface area contributed by atoms with Crippen LogP contribution in [0.15, 0.2) is 0 Å². The molecule has 1 atom stereocenters. The molecule has 1 fully saturated rings. The fraction of sp³-hybridized carbons (Fsp3) is 0.765. The summed E-state index contributed by atoms with van der Waals surface area (Å²) in [7, 11) is 0. The van der Waals surface area contributed by atoms with Gasteiger partial charge in [-0.1, -0.05) is 6.92 Å². The lowest BCUT2D eigenvalue weighted by Crippen LogP contribution is -2.30. The van der Waals surface area contributed by atoms with Crippen LogP contribution in [0.5, 0.6) is 0 Å². The first kappa shape index (κ1) is 16.4. The molecule has 0 aromatic carbocycles. The molecule has 0 radical (unpaired) electrons. The van der Waals surface area contributed by atoms with Crippen LogP contribution in [-0.2, 0) is 16.8 Å². The number of ether oxygens (including phenoxy) is 1. The lowest BCUT2D eigenvalue weighted by Gasteiger charge is -2.28. The zero-order chi connectivity index (χ0) is 15.5. The van der Waals surface area contributed by atoms with Crippen molar-refractivity contribution >= 4 is 0 Å². The Balaban J connectivity index is 2.34. The average molecular weight is 291 g/mol. The van der Waals surface area contributed by atoms with Crippen LogP contribution in [0.4, 0.5) is 0 Å². The highest BCUT2D eigenvalue weighted by Gasteiger charge is 2.39. The molecule has 1 saturated carbocycles. The Morgan fingerprint density at radius 3 is 2.24 bits per heavy atom. The van der Waals surface area contributed by atoms with Gasteiger partial charge in [0.05, 0.1) is 0 Å². The predicted molar refractivity (Wildman–Crippen MR) is 85.2 cm³/mol. The highest BCUT2D eigenvalue weighted by molar-refractivity contribution is 5.26. The van der Waals surface area contributed by atoms with Gasteiger partial charge < -0.3 is 10.5 Å². The first-order chi connectivity index (χ1) is 10.0. The normalized spacial score (nSPS) is 18.9. The van der Waals surface area contributed by atoms with E-state index >= 15 is 0 Å². The van der Waals surface area contributed by atoms with Crippen molar-refractivity contribution in [1.82, 2.24) is 9.97 Å². The number of aryl methyl sites for hydroxylation is 2. The number of nitrogens with two attached hydrogens (primary N) is 1. The minimum Gasteiger partial charge on any atom is -0.367 e. The van der Waals surface area contributed by atoms with E-state index in [1.165, 1.54) is 18.4 Å². The molecular formula is C17H29N3O. The standard InChI is InChI=1S/C17H29N3O/c1-5-21-17(8-6-7-9-17)16-19-13(3)15(14(4)20-16)10-12(2)11-18/h12H,5-11,18H2,1-4H3. The third-order valence-electron chi connectivity index (χ3n) is 4.62. The quantitative estimate of drug-likeness (QED) is 0.875. The molecule has 21 heavy (non-hydrogen) atoms. The Kier molecular flexibility index (Phi) is 5.33. The zero-order valence-corrected chi connectivity index (χ0v) is 13.9. The second-order valence-electron chi connectivity index (χ2n) is 6.38. The van der Waals surface area contributed by atoms with E-state index in [9.17, 15) is 0 Å². The van der Waals surface area contributed by atoms with Gasteiger partial charge in [0.2, 0.25) is 0 Å². The SMILES string of the molecule is CCOC1(c2nc(C)c(CC(C)CN)c(C)n2)CCCC1. The molecule has 0 aliphatic heterocycles. The summed E-state index contributed by atoms with van der Waals surface area (Å²) in [6, 6.07) is 0. The van der Waals surface area contributed by atoms with Crippen LogP contribution in [0.25, 0.3) is 0 Å². The summed E-state index contributed by atoms with van der Waals surface area (Å²) in [5, 5.41) is 0. The molecular weight excluding hydrogens is 262 g/mol. The topological polar surface area (TPSA) is 61.0 Å². The van der Waals surface area contributed by atoms with Crippen LogP contribution in [0, 0.1) is 19.8 Å². The van der Waals surface area contributed by atoms with Gasteiger partial charge in [-0.3, -0.25) is 0 Å². The van der Waals surface area contributed by atoms with Crippen LogP contribution in [0.3, 0.4) is 0 Å². The molecule has 2 rings (SSSR count). The fourth-order valence-corrected chi connectivity index (χ4v) is 3.33. The maximum atomic E-state index is 6.08. The Morgan fingerprint density at radius 2 is 1.76 bits per heavy atom. The molecule has 118 valence electrons. The number of nitrogens with zero attached hydrogens (tertiary/aromatic N) is 2. The van der Waals surface area contributed by atoms with Gasteiger partial charge in [-0.25, -0.2) is 9.97 Å². The van der Waals surface area contributed by atoms with Gasteiger partial charge in [-0.2, -0.15) is 0 Å². The van der Waals surface area contributed by atoms with Crippen LogP contribution in [0.2, 0.25) is 0 Å². The summed E-state index contributed by atoms with van der Waals surface area (Å²) in [6.07, 6.45) is 5.44. The predicted octanol–water partition coefficient (Wildman–Crippen LogP) is 3.04. The van der Waals surface area contributed by atoms with E-state index in [1.54, 1.807) is 0 Å². The van der Waals surface area contributed by atoms with Crippen LogP contribution in [0.1, 0.15) is 62.3 Å². The van der Waals surface area contributed by atoms with Crippen molar-refractivity contribution in [3.05, 3.63) is 22.8 Å². The Morgan fingerprint density at radius 1 is 1.19 bits per heavy atom. The molecule has 0 saturated heterocycles. The van der Waals surface area contributed by atoms with Crippen LogP contribution < -0.4 is 5.73 Å². The first-order valence-corrected chi connectivity index (χ1v) is 8.21. The van der Waals surface area contributed by atoms with Gasteiger partial charge in [-0.05, 0) is 70.9 Å². The maximum Gasteiger partial charge on any atom is 0.160 e. The zero-order valence-electron chi connectivity index (χ0n) is 13.9. The Hall–Kier alpha value is -1.00. The molecule has 1 aliphatic carbocycles. The van der Waals surface area contributed by atoms with Gasteiger partial charge in [0.25, 0.3) is 0 Å². The summed E-state index contributed by atoms with van der Waals surface area (Å²) in [4.78, 5) is 9.63. The van der Waals surface area contributed by atoms with Gasteiger partial charge >= 0.3 is 0 Å². The fourth-order valence-electron chi connectivity index (χ4n) is 3.33. The number of aromatic nitrogens is 2. The van der Waals surface area contributed by atoms with Gasteiger partial charge in [-0.15, -0.1) is 0 Å². The summed E-state index contributed by atoms with van der Waals surface area (Å²) >= 11 is 0. The minimum absolute atomic E-state index is 0.248. The third kappa shape index (κ3) is 3.43. The second-order valence-corrected chi connectivity index (χ2v) is 6.38. The van der Waals surface area contributed by atoms with E-state index in [0.29, 0.717) is 19.1 Å². The molecule has 4 heteroatoms. The summed E-state index contributed by atoms with van der Waals surface area (Å²) < 4.78 is 6.08. The van der Waals surface area contributed by atoms with Crippen LogP contribution in [-0.4, -0.2) is 23.1 Å². The maximum absolute atomic E-state index is 6.08. The van der Waals surface area contributed by atoms with Crippen molar-refractivity contribution in [2.24, 2.45) is 11.7 Å². The molecule has 0 spiro atoms. The molecule has 1 unspecified atom stereocenters. The highest BCUT2D eigenvalue weighted by Crippen LogP contribution is 2.40.